The Morgan fingerprint density at radius 3 is 2.47 bits per heavy atom. The van der Waals surface area contributed by atoms with Gasteiger partial charge < -0.3 is 14.7 Å². The molecular formula is C13H19NO3. The van der Waals surface area contributed by atoms with Crippen LogP contribution >= 0.6 is 0 Å². The van der Waals surface area contributed by atoms with E-state index in [0.717, 1.165) is 13.1 Å². The Hall–Kier alpha value is -1.71. The van der Waals surface area contributed by atoms with Crippen molar-refractivity contribution in [2.45, 2.75) is 20.8 Å². The number of esters is 1. The molecule has 4 nitrogen and oxygen atoms in total. The molecule has 0 radical (unpaired) electrons. The van der Waals surface area contributed by atoms with Gasteiger partial charge in [-0.1, -0.05) is 6.07 Å². The first-order valence-corrected chi connectivity index (χ1v) is 5.89. The summed E-state index contributed by atoms with van der Waals surface area (Å²) in [7, 11) is 0. The largest absolute Gasteiger partial charge is 0.505 e. The summed E-state index contributed by atoms with van der Waals surface area (Å²) in [5.41, 5.74) is 0.886. The van der Waals surface area contributed by atoms with Crippen LogP contribution in [0.3, 0.4) is 0 Å². The number of para-hydroxylation sites is 1. The Morgan fingerprint density at radius 1 is 1.29 bits per heavy atom. The fourth-order valence-corrected chi connectivity index (χ4v) is 1.72. The Kier molecular flexibility index (Phi) is 4.82. The fraction of sp³-hybridized carbons (Fsp3) is 0.462. The number of carbonyl (C=O) groups excluding carboxylic acids is 1. The molecule has 0 aromatic heterocycles. The molecule has 0 unspecified atom stereocenters. The molecule has 0 aliphatic carbocycles. The van der Waals surface area contributed by atoms with E-state index in [2.05, 4.69) is 0 Å². The van der Waals surface area contributed by atoms with Crippen LogP contribution in [0.15, 0.2) is 18.2 Å². The van der Waals surface area contributed by atoms with E-state index in [4.69, 9.17) is 4.74 Å². The van der Waals surface area contributed by atoms with Gasteiger partial charge in [-0.2, -0.15) is 0 Å². The maximum atomic E-state index is 11.6. The number of nitrogens with zero attached hydrogens (tertiary/aromatic N) is 1. The molecule has 0 saturated heterocycles. The Bertz CT molecular complexity index is 386. The van der Waals surface area contributed by atoms with Crippen LogP contribution < -0.4 is 4.90 Å². The molecule has 1 aromatic carbocycles. The van der Waals surface area contributed by atoms with Gasteiger partial charge in [0, 0.05) is 13.1 Å². The number of anilines is 1. The summed E-state index contributed by atoms with van der Waals surface area (Å²) in [4.78, 5) is 13.6. The van der Waals surface area contributed by atoms with Gasteiger partial charge in [-0.25, -0.2) is 4.79 Å². The van der Waals surface area contributed by atoms with E-state index < -0.39 is 5.97 Å². The average Bonchev–Trinajstić information content (AvgIpc) is 2.33. The molecule has 0 fully saturated rings. The predicted molar refractivity (Wildman–Crippen MR) is 67.6 cm³/mol. The lowest BCUT2D eigenvalue weighted by molar-refractivity contribution is 0.0523. The second kappa shape index (κ2) is 6.13. The number of carbonyl (C=O) groups is 1. The van der Waals surface area contributed by atoms with Gasteiger partial charge in [0.15, 0.2) is 5.75 Å². The van der Waals surface area contributed by atoms with Crippen molar-refractivity contribution in [3.8, 4) is 5.75 Å². The minimum Gasteiger partial charge on any atom is -0.505 e. The van der Waals surface area contributed by atoms with Gasteiger partial charge in [0.1, 0.15) is 5.56 Å². The van der Waals surface area contributed by atoms with Gasteiger partial charge in [-0.15, -0.1) is 0 Å². The van der Waals surface area contributed by atoms with Crippen LogP contribution in [0.25, 0.3) is 0 Å². The number of rotatable bonds is 5. The number of hydrogen-bond donors (Lipinski definition) is 1. The van der Waals surface area contributed by atoms with E-state index in [1.165, 1.54) is 0 Å². The third kappa shape index (κ3) is 2.90. The molecule has 94 valence electrons. The number of phenols is 1. The fourth-order valence-electron chi connectivity index (χ4n) is 1.72. The molecule has 0 heterocycles. The van der Waals surface area contributed by atoms with Crippen LogP contribution in [0.2, 0.25) is 0 Å². The van der Waals surface area contributed by atoms with Gasteiger partial charge >= 0.3 is 5.97 Å². The summed E-state index contributed by atoms with van der Waals surface area (Å²) in [6.07, 6.45) is 0. The van der Waals surface area contributed by atoms with E-state index in [9.17, 15) is 9.90 Å². The van der Waals surface area contributed by atoms with E-state index in [1.807, 2.05) is 18.7 Å². The lowest BCUT2D eigenvalue weighted by atomic mass is 10.1. The summed E-state index contributed by atoms with van der Waals surface area (Å²) in [6.45, 7) is 7.59. The van der Waals surface area contributed by atoms with Crippen molar-refractivity contribution < 1.29 is 14.6 Å². The van der Waals surface area contributed by atoms with Gasteiger partial charge in [-0.05, 0) is 32.9 Å². The Balaban J connectivity index is 3.10. The number of hydrogen-bond acceptors (Lipinski definition) is 4. The predicted octanol–water partition coefficient (Wildman–Crippen LogP) is 2.42. The number of benzene rings is 1. The maximum Gasteiger partial charge on any atom is 0.341 e. The van der Waals surface area contributed by atoms with Crippen molar-refractivity contribution in [1.29, 1.82) is 0 Å². The zero-order chi connectivity index (χ0) is 12.8. The van der Waals surface area contributed by atoms with Crippen LogP contribution in [0.5, 0.6) is 5.75 Å². The SMILES string of the molecule is CCOC(=O)c1cccc(N(CC)CC)c1O. The van der Waals surface area contributed by atoms with Crippen LogP contribution in [0.1, 0.15) is 31.1 Å². The smallest absolute Gasteiger partial charge is 0.341 e. The molecule has 1 N–H and O–H groups in total. The summed E-state index contributed by atoms with van der Waals surface area (Å²) in [5.74, 6) is -0.492. The van der Waals surface area contributed by atoms with Crippen molar-refractivity contribution in [2.24, 2.45) is 0 Å². The number of ether oxygens (including phenoxy) is 1. The van der Waals surface area contributed by atoms with Crippen molar-refractivity contribution in [1.82, 2.24) is 0 Å². The van der Waals surface area contributed by atoms with Crippen LogP contribution in [0.4, 0.5) is 5.69 Å². The average molecular weight is 237 g/mol. The Labute approximate surface area is 102 Å². The molecule has 4 heteroatoms. The summed E-state index contributed by atoms with van der Waals surface area (Å²) in [5, 5.41) is 10.1. The molecule has 0 amide bonds. The number of phenolic OH excluding ortho intramolecular Hbond substituents is 1. The molecule has 1 rings (SSSR count). The second-order valence-corrected chi connectivity index (χ2v) is 3.57. The molecule has 0 saturated carbocycles. The number of aromatic hydroxyl groups is 1. The quantitative estimate of drug-likeness (QED) is 0.799. The second-order valence-electron chi connectivity index (χ2n) is 3.57. The summed E-state index contributed by atoms with van der Waals surface area (Å²) < 4.78 is 4.89. The van der Waals surface area contributed by atoms with Crippen molar-refractivity contribution in [2.75, 3.05) is 24.6 Å². The molecular weight excluding hydrogens is 218 g/mol. The molecule has 0 bridgehead atoms. The zero-order valence-electron chi connectivity index (χ0n) is 10.6. The van der Waals surface area contributed by atoms with E-state index >= 15 is 0 Å². The lowest BCUT2D eigenvalue weighted by Gasteiger charge is -2.22. The molecule has 1 aromatic rings. The zero-order valence-corrected chi connectivity index (χ0v) is 10.6. The van der Waals surface area contributed by atoms with Crippen molar-refractivity contribution >= 4 is 11.7 Å². The minimum atomic E-state index is -0.487. The van der Waals surface area contributed by atoms with E-state index in [0.29, 0.717) is 12.3 Å². The van der Waals surface area contributed by atoms with Gasteiger partial charge in [0.2, 0.25) is 0 Å². The monoisotopic (exact) mass is 237 g/mol. The van der Waals surface area contributed by atoms with Crippen LogP contribution in [-0.4, -0.2) is 30.8 Å². The highest BCUT2D eigenvalue weighted by atomic mass is 16.5. The normalized spacial score (nSPS) is 10.1. The highest BCUT2D eigenvalue weighted by molar-refractivity contribution is 5.94. The van der Waals surface area contributed by atoms with E-state index in [-0.39, 0.29) is 11.3 Å². The van der Waals surface area contributed by atoms with Gasteiger partial charge in [0.05, 0.1) is 12.3 Å². The first-order chi connectivity index (χ1) is 8.15. The molecule has 0 spiro atoms. The molecule has 0 atom stereocenters. The molecule has 0 aliphatic rings. The van der Waals surface area contributed by atoms with E-state index in [1.54, 1.807) is 25.1 Å². The topological polar surface area (TPSA) is 49.8 Å². The van der Waals surface area contributed by atoms with Gasteiger partial charge in [-0.3, -0.25) is 0 Å². The molecule has 0 aliphatic heterocycles. The minimum absolute atomic E-state index is 0.00495. The summed E-state index contributed by atoms with van der Waals surface area (Å²) >= 11 is 0. The standard InChI is InChI=1S/C13H19NO3/c1-4-14(5-2)11-9-7-8-10(12(11)15)13(16)17-6-3/h7-9,15H,4-6H2,1-3H3. The Morgan fingerprint density at radius 2 is 1.94 bits per heavy atom. The maximum absolute atomic E-state index is 11.6. The third-order valence-electron chi connectivity index (χ3n) is 2.61. The highest BCUT2D eigenvalue weighted by Crippen LogP contribution is 2.31. The van der Waals surface area contributed by atoms with Crippen LogP contribution in [-0.2, 0) is 4.74 Å². The van der Waals surface area contributed by atoms with Crippen molar-refractivity contribution in [3.05, 3.63) is 23.8 Å². The first kappa shape index (κ1) is 13.4. The van der Waals surface area contributed by atoms with Crippen molar-refractivity contribution in [3.63, 3.8) is 0 Å². The highest BCUT2D eigenvalue weighted by Gasteiger charge is 2.17. The molecule has 17 heavy (non-hydrogen) atoms. The first-order valence-electron chi connectivity index (χ1n) is 5.89. The van der Waals surface area contributed by atoms with Crippen LogP contribution in [0, 0.1) is 0 Å². The summed E-state index contributed by atoms with van der Waals surface area (Å²) in [6, 6.07) is 5.12. The third-order valence-corrected chi connectivity index (χ3v) is 2.61. The lowest BCUT2D eigenvalue weighted by Crippen LogP contribution is -2.22. The van der Waals surface area contributed by atoms with Gasteiger partial charge in [0.25, 0.3) is 0 Å².